The molecule has 1 saturated heterocycles. The number of nitrogens with zero attached hydrogens (tertiary/aromatic N) is 7. The lowest BCUT2D eigenvalue weighted by Gasteiger charge is -2.18. The Balaban J connectivity index is 1.37. The third kappa shape index (κ3) is 3.39. The van der Waals surface area contributed by atoms with E-state index < -0.39 is 0 Å². The normalized spacial score (nSPS) is 16.3. The molecule has 0 bridgehead atoms. The second-order valence-electron chi connectivity index (χ2n) is 7.71. The van der Waals surface area contributed by atoms with Gasteiger partial charge in [-0.2, -0.15) is 4.52 Å². The number of aromatic nitrogens is 6. The van der Waals surface area contributed by atoms with Gasteiger partial charge in [-0.3, -0.25) is 9.59 Å². The van der Waals surface area contributed by atoms with Gasteiger partial charge in [-0.25, -0.2) is 4.98 Å². The summed E-state index contributed by atoms with van der Waals surface area (Å²) >= 11 is 0. The summed E-state index contributed by atoms with van der Waals surface area (Å²) in [5.74, 6) is 0.438. The molecule has 0 spiro atoms. The van der Waals surface area contributed by atoms with Crippen molar-refractivity contribution in [1.82, 2.24) is 34.7 Å². The number of fused-ring (bicyclic) bond motifs is 2. The van der Waals surface area contributed by atoms with Crippen molar-refractivity contribution in [3.63, 3.8) is 0 Å². The molecule has 31 heavy (non-hydrogen) atoms. The molecule has 10 nitrogen and oxygen atoms in total. The van der Waals surface area contributed by atoms with Crippen LogP contribution in [0, 0.1) is 6.92 Å². The average molecular weight is 418 g/mol. The van der Waals surface area contributed by atoms with Crippen LogP contribution in [-0.4, -0.2) is 54.4 Å². The number of anilines is 1. The van der Waals surface area contributed by atoms with E-state index in [1.165, 1.54) is 0 Å². The van der Waals surface area contributed by atoms with Crippen molar-refractivity contribution in [3.8, 4) is 0 Å². The van der Waals surface area contributed by atoms with Gasteiger partial charge < -0.3 is 14.8 Å². The highest BCUT2D eigenvalue weighted by Gasteiger charge is 2.27. The van der Waals surface area contributed by atoms with Crippen LogP contribution in [0.3, 0.4) is 0 Å². The molecule has 4 aromatic heterocycles. The summed E-state index contributed by atoms with van der Waals surface area (Å²) in [7, 11) is 0. The highest BCUT2D eigenvalue weighted by atomic mass is 16.2. The van der Waals surface area contributed by atoms with E-state index in [4.69, 9.17) is 0 Å². The van der Waals surface area contributed by atoms with Crippen LogP contribution in [0.15, 0.2) is 41.6 Å². The molecular formula is C21H22N8O2. The minimum Gasteiger partial charge on any atom is -0.353 e. The third-order valence-electron chi connectivity index (χ3n) is 5.64. The van der Waals surface area contributed by atoms with E-state index in [0.29, 0.717) is 29.8 Å². The first kappa shape index (κ1) is 19.2. The third-order valence-corrected chi connectivity index (χ3v) is 5.64. The smallest absolute Gasteiger partial charge is 0.257 e. The summed E-state index contributed by atoms with van der Waals surface area (Å²) in [6, 6.07) is 7.21. The number of pyridine rings is 2. The molecule has 1 fully saturated rings. The minimum atomic E-state index is -0.358. The average Bonchev–Trinajstić information content (AvgIpc) is 3.42. The molecule has 1 atom stereocenters. The molecule has 5 heterocycles. The first-order chi connectivity index (χ1) is 15.0. The van der Waals surface area contributed by atoms with Gasteiger partial charge in [0.1, 0.15) is 23.4 Å². The first-order valence-electron chi connectivity index (χ1n) is 10.3. The van der Waals surface area contributed by atoms with E-state index in [-0.39, 0.29) is 22.9 Å². The van der Waals surface area contributed by atoms with Crippen LogP contribution in [0.2, 0.25) is 0 Å². The molecular weight excluding hydrogens is 396 g/mol. The van der Waals surface area contributed by atoms with E-state index in [1.807, 2.05) is 30.5 Å². The fraction of sp³-hybridized carbons (Fsp3) is 0.333. The van der Waals surface area contributed by atoms with Crippen LogP contribution in [0.25, 0.3) is 16.7 Å². The molecule has 0 aromatic carbocycles. The van der Waals surface area contributed by atoms with Gasteiger partial charge in [0.2, 0.25) is 5.43 Å². The van der Waals surface area contributed by atoms with E-state index in [2.05, 4.69) is 30.5 Å². The van der Waals surface area contributed by atoms with Gasteiger partial charge in [0.25, 0.3) is 5.91 Å². The summed E-state index contributed by atoms with van der Waals surface area (Å²) in [6.45, 7) is 5.83. The van der Waals surface area contributed by atoms with Crippen molar-refractivity contribution in [3.05, 3.63) is 58.3 Å². The largest absolute Gasteiger partial charge is 0.353 e. The summed E-state index contributed by atoms with van der Waals surface area (Å²) in [6.07, 6.45) is 3.94. The molecule has 1 amide bonds. The van der Waals surface area contributed by atoms with E-state index >= 15 is 0 Å². The van der Waals surface area contributed by atoms with Crippen LogP contribution in [-0.2, 0) is 6.54 Å². The van der Waals surface area contributed by atoms with Crippen molar-refractivity contribution in [2.45, 2.75) is 32.9 Å². The monoisotopic (exact) mass is 418 g/mol. The molecule has 0 unspecified atom stereocenters. The van der Waals surface area contributed by atoms with Gasteiger partial charge in [0.05, 0.1) is 5.39 Å². The Morgan fingerprint density at radius 2 is 2.13 bits per heavy atom. The molecule has 5 rings (SSSR count). The SMILES string of the molecule is CCn1cc(C(=O)N[C@@H]2CCN(c3ccc4nncn4n3)C2)c(=O)c2ccc(C)nc21. The number of rotatable bonds is 4. The molecule has 0 aliphatic carbocycles. The molecule has 158 valence electrons. The Hall–Kier alpha value is -3.82. The highest BCUT2D eigenvalue weighted by molar-refractivity contribution is 5.97. The maximum atomic E-state index is 13.0. The van der Waals surface area contributed by atoms with Crippen LogP contribution in [0.5, 0.6) is 0 Å². The number of nitrogens with one attached hydrogen (secondary N) is 1. The lowest BCUT2D eigenvalue weighted by atomic mass is 10.1. The van der Waals surface area contributed by atoms with Gasteiger partial charge in [-0.15, -0.1) is 15.3 Å². The number of carbonyl (C=O) groups excluding carboxylic acids is 1. The molecule has 1 aliphatic heterocycles. The zero-order valence-corrected chi connectivity index (χ0v) is 17.3. The summed E-state index contributed by atoms with van der Waals surface area (Å²) in [5, 5.41) is 15.8. The van der Waals surface area contributed by atoms with Crippen LogP contribution < -0.4 is 15.6 Å². The number of hydrogen-bond donors (Lipinski definition) is 1. The molecule has 1 N–H and O–H groups in total. The minimum absolute atomic E-state index is 0.0766. The van der Waals surface area contributed by atoms with Gasteiger partial charge >= 0.3 is 0 Å². The van der Waals surface area contributed by atoms with Crippen LogP contribution >= 0.6 is 0 Å². The molecule has 4 aromatic rings. The van der Waals surface area contributed by atoms with Gasteiger partial charge in [-0.1, -0.05) is 0 Å². The van der Waals surface area contributed by atoms with Crippen molar-refractivity contribution < 1.29 is 4.79 Å². The summed E-state index contributed by atoms with van der Waals surface area (Å²) in [5.41, 5.74) is 1.96. The maximum absolute atomic E-state index is 13.0. The molecule has 1 aliphatic rings. The Bertz CT molecular complexity index is 1360. The lowest BCUT2D eigenvalue weighted by Crippen LogP contribution is -2.39. The highest BCUT2D eigenvalue weighted by Crippen LogP contribution is 2.19. The Labute approximate surface area is 177 Å². The van der Waals surface area contributed by atoms with Crippen molar-refractivity contribution >= 4 is 28.4 Å². The van der Waals surface area contributed by atoms with Gasteiger partial charge in [0.15, 0.2) is 5.65 Å². The van der Waals surface area contributed by atoms with Crippen molar-refractivity contribution in [1.29, 1.82) is 0 Å². The van der Waals surface area contributed by atoms with E-state index in [1.54, 1.807) is 29.2 Å². The van der Waals surface area contributed by atoms with Crippen LogP contribution in [0.4, 0.5) is 5.82 Å². The molecule has 10 heteroatoms. The summed E-state index contributed by atoms with van der Waals surface area (Å²) < 4.78 is 3.47. The standard InChI is InChI=1S/C21H22N8O2/c1-3-27-11-16(19(30)15-5-4-13(2)23-20(15)27)21(31)24-14-8-9-28(10-14)18-7-6-17-25-22-12-29(17)26-18/h4-7,11-12,14H,3,8-10H2,1-2H3,(H,24,31)/t14-/m1/s1. The Morgan fingerprint density at radius 3 is 2.97 bits per heavy atom. The fourth-order valence-corrected chi connectivity index (χ4v) is 4.00. The topological polar surface area (TPSA) is 110 Å². The lowest BCUT2D eigenvalue weighted by molar-refractivity contribution is 0.0938. The second-order valence-corrected chi connectivity index (χ2v) is 7.71. The predicted octanol–water partition coefficient (Wildman–Crippen LogP) is 1.17. The Kier molecular flexibility index (Phi) is 4.61. The molecule has 0 saturated carbocycles. The number of hydrogen-bond acceptors (Lipinski definition) is 7. The van der Waals surface area contributed by atoms with Gasteiger partial charge in [-0.05, 0) is 44.5 Å². The Morgan fingerprint density at radius 1 is 1.26 bits per heavy atom. The van der Waals surface area contributed by atoms with Crippen molar-refractivity contribution in [2.75, 3.05) is 18.0 Å². The predicted molar refractivity (Wildman–Crippen MR) is 115 cm³/mol. The van der Waals surface area contributed by atoms with Gasteiger partial charge in [0, 0.05) is 37.6 Å². The zero-order chi connectivity index (χ0) is 21.5. The van der Waals surface area contributed by atoms with E-state index in [0.717, 1.165) is 24.5 Å². The number of aryl methyl sites for hydroxylation is 2. The van der Waals surface area contributed by atoms with Crippen molar-refractivity contribution in [2.24, 2.45) is 0 Å². The summed E-state index contributed by atoms with van der Waals surface area (Å²) in [4.78, 5) is 32.5. The second kappa shape index (κ2) is 7.46. The number of carbonyl (C=O) groups is 1. The zero-order valence-electron chi connectivity index (χ0n) is 17.3. The fourth-order valence-electron chi connectivity index (χ4n) is 4.00. The quantitative estimate of drug-likeness (QED) is 0.530. The number of amides is 1. The maximum Gasteiger partial charge on any atom is 0.257 e. The van der Waals surface area contributed by atoms with Crippen LogP contribution in [0.1, 0.15) is 29.4 Å². The molecule has 0 radical (unpaired) electrons. The van der Waals surface area contributed by atoms with E-state index in [9.17, 15) is 9.59 Å². The first-order valence-corrected chi connectivity index (χ1v) is 10.3.